The molecule has 0 aliphatic heterocycles. The topological polar surface area (TPSA) is 105 Å². The average Bonchev–Trinajstić information content (AvgIpc) is 3.38. The van der Waals surface area contributed by atoms with E-state index in [4.69, 9.17) is 14.2 Å². The maximum atomic E-state index is 13.0. The molecular formula is C22H21N3O6S2. The van der Waals surface area contributed by atoms with E-state index in [-0.39, 0.29) is 5.69 Å². The van der Waals surface area contributed by atoms with Gasteiger partial charge in [0.1, 0.15) is 0 Å². The molecule has 0 bridgehead atoms. The molecule has 0 atom stereocenters. The van der Waals surface area contributed by atoms with Crippen molar-refractivity contribution in [3.8, 4) is 11.5 Å². The third kappa shape index (κ3) is 4.61. The predicted octanol–water partition coefficient (Wildman–Crippen LogP) is 4.62. The zero-order chi connectivity index (χ0) is 23.5. The molecule has 0 radical (unpaired) electrons. The van der Waals surface area contributed by atoms with Gasteiger partial charge in [0, 0.05) is 47.5 Å². The standard InChI is InChI=1S/C22H21N3O6S2/c1-4-31-8-7-24-15-11-16(29-2)17(30-3)12-19(15)33-22(24)23-21(26)20-10-13-9-14(25(27)28)5-6-18(13)32-20/h5-6,9-12H,4,7-8H2,1-3H3. The summed E-state index contributed by atoms with van der Waals surface area (Å²) >= 11 is 2.62. The number of nitrogens with zero attached hydrogens (tertiary/aromatic N) is 3. The number of thiazole rings is 1. The smallest absolute Gasteiger partial charge is 0.289 e. The molecule has 172 valence electrons. The molecule has 9 nitrogen and oxygen atoms in total. The lowest BCUT2D eigenvalue weighted by atomic mass is 10.2. The van der Waals surface area contributed by atoms with Crippen molar-refractivity contribution in [2.45, 2.75) is 13.5 Å². The first-order valence-electron chi connectivity index (χ1n) is 10.0. The van der Waals surface area contributed by atoms with Crippen molar-refractivity contribution in [3.63, 3.8) is 0 Å². The van der Waals surface area contributed by atoms with E-state index in [1.165, 1.54) is 34.8 Å². The molecule has 2 heterocycles. The van der Waals surface area contributed by atoms with Crippen LogP contribution >= 0.6 is 22.7 Å². The van der Waals surface area contributed by atoms with Gasteiger partial charge in [-0.2, -0.15) is 4.99 Å². The number of aromatic nitrogens is 1. The number of ether oxygens (including phenoxy) is 3. The van der Waals surface area contributed by atoms with E-state index in [0.29, 0.717) is 46.3 Å². The minimum Gasteiger partial charge on any atom is -0.493 e. The number of thiophene rings is 1. The van der Waals surface area contributed by atoms with Gasteiger partial charge in [-0.05, 0) is 19.1 Å². The van der Waals surface area contributed by atoms with Gasteiger partial charge in [0.15, 0.2) is 16.3 Å². The summed E-state index contributed by atoms with van der Waals surface area (Å²) in [5.74, 6) is 0.763. The predicted molar refractivity (Wildman–Crippen MR) is 128 cm³/mol. The van der Waals surface area contributed by atoms with E-state index in [2.05, 4.69) is 4.99 Å². The number of amides is 1. The number of fused-ring (bicyclic) bond motifs is 2. The first kappa shape index (κ1) is 22.9. The molecule has 0 unspecified atom stereocenters. The van der Waals surface area contributed by atoms with Crippen LogP contribution in [0.15, 0.2) is 41.4 Å². The van der Waals surface area contributed by atoms with Crippen molar-refractivity contribution in [1.82, 2.24) is 4.57 Å². The number of benzene rings is 2. The summed E-state index contributed by atoms with van der Waals surface area (Å²) in [6.45, 7) is 3.47. The van der Waals surface area contributed by atoms with E-state index in [0.717, 1.165) is 14.9 Å². The van der Waals surface area contributed by atoms with Crippen LogP contribution in [0, 0.1) is 10.1 Å². The molecule has 11 heteroatoms. The molecule has 0 saturated heterocycles. The second kappa shape index (κ2) is 9.69. The quantitative estimate of drug-likeness (QED) is 0.204. The summed E-state index contributed by atoms with van der Waals surface area (Å²) in [5, 5.41) is 11.7. The van der Waals surface area contributed by atoms with Crippen LogP contribution < -0.4 is 14.3 Å². The summed E-state index contributed by atoms with van der Waals surface area (Å²) < 4.78 is 20.0. The molecule has 0 spiro atoms. The van der Waals surface area contributed by atoms with Crippen LogP contribution in [0.5, 0.6) is 11.5 Å². The highest BCUT2D eigenvalue weighted by molar-refractivity contribution is 7.21. The first-order valence-corrected chi connectivity index (χ1v) is 11.7. The Hall–Kier alpha value is -3.28. The SMILES string of the molecule is CCOCCn1c(=NC(=O)c2cc3cc([N+](=O)[O-])ccc3s2)sc2cc(OC)c(OC)cc21. The van der Waals surface area contributed by atoms with E-state index >= 15 is 0 Å². The van der Waals surface area contributed by atoms with Gasteiger partial charge in [-0.3, -0.25) is 14.9 Å². The fourth-order valence-corrected chi connectivity index (χ4v) is 5.38. The number of rotatable bonds is 8. The normalized spacial score (nSPS) is 11.9. The third-order valence-electron chi connectivity index (χ3n) is 4.97. The minimum absolute atomic E-state index is 0.0163. The number of hydrogen-bond donors (Lipinski definition) is 0. The molecule has 0 aliphatic carbocycles. The molecule has 4 aromatic rings. The van der Waals surface area contributed by atoms with Gasteiger partial charge in [0.05, 0.1) is 40.8 Å². The van der Waals surface area contributed by atoms with E-state index in [1.54, 1.807) is 26.4 Å². The number of nitro benzene ring substituents is 1. The number of non-ortho nitro benzene ring substituents is 1. The zero-order valence-corrected chi connectivity index (χ0v) is 19.8. The molecule has 0 saturated carbocycles. The van der Waals surface area contributed by atoms with E-state index in [1.807, 2.05) is 23.6 Å². The summed E-state index contributed by atoms with van der Waals surface area (Å²) in [6, 6.07) is 9.90. The largest absolute Gasteiger partial charge is 0.493 e. The van der Waals surface area contributed by atoms with Gasteiger partial charge in [0.25, 0.3) is 11.6 Å². The van der Waals surface area contributed by atoms with Gasteiger partial charge < -0.3 is 18.8 Å². The Balaban J connectivity index is 1.80. The molecule has 2 aromatic heterocycles. The number of hydrogen-bond acceptors (Lipinski definition) is 8. The lowest BCUT2D eigenvalue weighted by Gasteiger charge is -2.09. The fraction of sp³-hybridized carbons (Fsp3) is 0.273. The highest BCUT2D eigenvalue weighted by Gasteiger charge is 2.16. The maximum absolute atomic E-state index is 13.0. The van der Waals surface area contributed by atoms with Crippen LogP contribution in [0.1, 0.15) is 16.6 Å². The van der Waals surface area contributed by atoms with Crippen molar-refractivity contribution in [2.24, 2.45) is 4.99 Å². The molecule has 1 amide bonds. The first-order chi connectivity index (χ1) is 15.9. The highest BCUT2D eigenvalue weighted by Crippen LogP contribution is 2.34. The van der Waals surface area contributed by atoms with Crippen molar-refractivity contribution in [1.29, 1.82) is 0 Å². The van der Waals surface area contributed by atoms with Gasteiger partial charge in [-0.15, -0.1) is 11.3 Å². The van der Waals surface area contributed by atoms with Crippen molar-refractivity contribution in [3.05, 3.63) is 56.2 Å². The fourth-order valence-electron chi connectivity index (χ4n) is 3.39. The highest BCUT2D eigenvalue weighted by atomic mass is 32.1. The number of nitro groups is 1. The van der Waals surface area contributed by atoms with Crippen molar-refractivity contribution in [2.75, 3.05) is 27.4 Å². The van der Waals surface area contributed by atoms with Crippen LogP contribution in [-0.2, 0) is 11.3 Å². The third-order valence-corrected chi connectivity index (χ3v) is 7.12. The molecule has 0 fully saturated rings. The van der Waals surface area contributed by atoms with Gasteiger partial charge in [-0.1, -0.05) is 11.3 Å². The lowest BCUT2D eigenvalue weighted by molar-refractivity contribution is -0.384. The Morgan fingerprint density at radius 1 is 1.09 bits per heavy atom. The second-order valence-electron chi connectivity index (χ2n) is 6.91. The maximum Gasteiger partial charge on any atom is 0.289 e. The minimum atomic E-state index is -0.454. The zero-order valence-electron chi connectivity index (χ0n) is 18.2. The van der Waals surface area contributed by atoms with Gasteiger partial charge >= 0.3 is 0 Å². The summed E-state index contributed by atoms with van der Waals surface area (Å²) in [5.41, 5.74) is 0.841. The molecular weight excluding hydrogens is 466 g/mol. The molecule has 0 aliphatic rings. The Morgan fingerprint density at radius 3 is 2.55 bits per heavy atom. The Labute approximate surface area is 196 Å². The summed E-state index contributed by atoms with van der Waals surface area (Å²) in [6.07, 6.45) is 0. The monoisotopic (exact) mass is 487 g/mol. The summed E-state index contributed by atoms with van der Waals surface area (Å²) in [7, 11) is 3.14. The Morgan fingerprint density at radius 2 is 1.85 bits per heavy atom. The van der Waals surface area contributed by atoms with Crippen LogP contribution in [0.2, 0.25) is 0 Å². The number of carbonyl (C=O) groups excluding carboxylic acids is 1. The summed E-state index contributed by atoms with van der Waals surface area (Å²) in [4.78, 5) is 28.9. The molecule has 2 aromatic carbocycles. The van der Waals surface area contributed by atoms with Crippen molar-refractivity contribution >= 4 is 54.6 Å². The average molecular weight is 488 g/mol. The Bertz CT molecular complexity index is 1420. The lowest BCUT2D eigenvalue weighted by Crippen LogP contribution is -2.19. The van der Waals surface area contributed by atoms with Crippen molar-refractivity contribution < 1.29 is 23.9 Å². The van der Waals surface area contributed by atoms with Gasteiger partial charge in [-0.25, -0.2) is 0 Å². The molecule has 0 N–H and O–H groups in total. The van der Waals surface area contributed by atoms with Crippen LogP contribution in [0.4, 0.5) is 5.69 Å². The van der Waals surface area contributed by atoms with E-state index in [9.17, 15) is 14.9 Å². The van der Waals surface area contributed by atoms with Crippen LogP contribution in [0.3, 0.4) is 0 Å². The molecule has 4 rings (SSSR count). The Kier molecular flexibility index (Phi) is 6.72. The van der Waals surface area contributed by atoms with Crippen LogP contribution in [0.25, 0.3) is 20.3 Å². The molecule has 33 heavy (non-hydrogen) atoms. The van der Waals surface area contributed by atoms with E-state index < -0.39 is 10.8 Å². The van der Waals surface area contributed by atoms with Crippen LogP contribution in [-0.4, -0.2) is 42.8 Å². The van der Waals surface area contributed by atoms with Gasteiger partial charge in [0.2, 0.25) is 0 Å². The number of carbonyl (C=O) groups is 1. The second-order valence-corrected chi connectivity index (χ2v) is 9.01. The number of methoxy groups -OCH3 is 2.